The number of nitrogens with two attached hydrogens (primary N) is 1. The maximum Gasteiger partial charge on any atom is 0.305 e. The summed E-state index contributed by atoms with van der Waals surface area (Å²) in [5.41, 5.74) is 5.16. The SMILES string of the molecule is NCCC(=O)NC(CC(=O)O)C(=O)NCC(=O)NCO. The summed E-state index contributed by atoms with van der Waals surface area (Å²) in [6.07, 6.45) is -0.668. The van der Waals surface area contributed by atoms with Gasteiger partial charge in [-0.3, -0.25) is 19.2 Å². The lowest BCUT2D eigenvalue weighted by Crippen LogP contribution is -2.50. The van der Waals surface area contributed by atoms with Crippen LogP contribution in [-0.4, -0.2) is 59.8 Å². The summed E-state index contributed by atoms with van der Waals surface area (Å²) in [6, 6.07) is -1.30. The zero-order chi connectivity index (χ0) is 15.5. The lowest BCUT2D eigenvalue weighted by molar-refractivity contribution is -0.140. The molecule has 10 heteroatoms. The van der Waals surface area contributed by atoms with Gasteiger partial charge in [-0.25, -0.2) is 0 Å². The fourth-order valence-electron chi connectivity index (χ4n) is 1.22. The first-order valence-electron chi connectivity index (χ1n) is 5.77. The molecule has 0 bridgehead atoms. The molecule has 1 atom stereocenters. The quantitative estimate of drug-likeness (QED) is 0.239. The predicted octanol–water partition coefficient (Wildman–Crippen LogP) is -3.52. The highest BCUT2D eigenvalue weighted by atomic mass is 16.4. The van der Waals surface area contributed by atoms with Gasteiger partial charge in [0.1, 0.15) is 12.8 Å². The fraction of sp³-hybridized carbons (Fsp3) is 0.600. The van der Waals surface area contributed by atoms with Crippen molar-refractivity contribution in [3.05, 3.63) is 0 Å². The minimum absolute atomic E-state index is 0.0472. The molecule has 20 heavy (non-hydrogen) atoms. The lowest BCUT2D eigenvalue weighted by Gasteiger charge is -2.16. The highest BCUT2D eigenvalue weighted by Gasteiger charge is 2.23. The van der Waals surface area contributed by atoms with Gasteiger partial charge in [0.15, 0.2) is 0 Å². The molecule has 0 aliphatic carbocycles. The Morgan fingerprint density at radius 1 is 1.10 bits per heavy atom. The topological polar surface area (TPSA) is 171 Å². The molecular formula is C10H18N4O6. The van der Waals surface area contributed by atoms with Gasteiger partial charge >= 0.3 is 5.97 Å². The Morgan fingerprint density at radius 3 is 2.25 bits per heavy atom. The van der Waals surface area contributed by atoms with E-state index >= 15 is 0 Å². The number of carboxylic acid groups (broad SMARTS) is 1. The first-order chi connectivity index (χ1) is 9.40. The molecule has 10 nitrogen and oxygen atoms in total. The van der Waals surface area contributed by atoms with Crippen LogP contribution < -0.4 is 21.7 Å². The van der Waals surface area contributed by atoms with Crippen molar-refractivity contribution in [2.75, 3.05) is 19.8 Å². The van der Waals surface area contributed by atoms with Crippen molar-refractivity contribution in [2.24, 2.45) is 5.73 Å². The largest absolute Gasteiger partial charge is 0.481 e. The summed E-state index contributed by atoms with van der Waals surface area (Å²) in [5.74, 6) is -3.30. The first-order valence-corrected chi connectivity index (χ1v) is 5.77. The van der Waals surface area contributed by atoms with E-state index in [1.165, 1.54) is 0 Å². The molecule has 0 rings (SSSR count). The first kappa shape index (κ1) is 17.8. The molecular weight excluding hydrogens is 272 g/mol. The molecule has 114 valence electrons. The Labute approximate surface area is 114 Å². The molecule has 0 saturated heterocycles. The van der Waals surface area contributed by atoms with Crippen molar-refractivity contribution in [1.29, 1.82) is 0 Å². The molecule has 1 unspecified atom stereocenters. The fourth-order valence-corrected chi connectivity index (χ4v) is 1.22. The van der Waals surface area contributed by atoms with E-state index in [1.807, 2.05) is 5.32 Å². The Kier molecular flexibility index (Phi) is 8.63. The summed E-state index contributed by atoms with van der Waals surface area (Å²) < 4.78 is 0. The summed E-state index contributed by atoms with van der Waals surface area (Å²) in [6.45, 7) is -0.963. The summed E-state index contributed by atoms with van der Waals surface area (Å²) in [4.78, 5) is 44.6. The van der Waals surface area contributed by atoms with Gasteiger partial charge in [-0.05, 0) is 0 Å². The van der Waals surface area contributed by atoms with E-state index in [2.05, 4.69) is 10.6 Å². The molecule has 0 aliphatic rings. The summed E-state index contributed by atoms with van der Waals surface area (Å²) in [5, 5.41) is 23.5. The Hall–Kier alpha value is -2.20. The van der Waals surface area contributed by atoms with Crippen molar-refractivity contribution in [3.8, 4) is 0 Å². The minimum Gasteiger partial charge on any atom is -0.481 e. The number of carbonyl (C=O) groups is 4. The smallest absolute Gasteiger partial charge is 0.305 e. The second-order valence-corrected chi connectivity index (χ2v) is 3.73. The molecule has 0 radical (unpaired) electrons. The number of nitrogens with one attached hydrogen (secondary N) is 3. The normalized spacial score (nSPS) is 11.3. The van der Waals surface area contributed by atoms with Crippen molar-refractivity contribution in [3.63, 3.8) is 0 Å². The predicted molar refractivity (Wildman–Crippen MR) is 66.1 cm³/mol. The van der Waals surface area contributed by atoms with Crippen LogP contribution in [-0.2, 0) is 19.2 Å². The van der Waals surface area contributed by atoms with E-state index in [0.717, 1.165) is 0 Å². The minimum atomic E-state index is -1.30. The van der Waals surface area contributed by atoms with Crippen molar-refractivity contribution < 1.29 is 29.4 Å². The molecule has 0 aliphatic heterocycles. The van der Waals surface area contributed by atoms with Gasteiger partial charge in [-0.2, -0.15) is 0 Å². The van der Waals surface area contributed by atoms with Crippen molar-refractivity contribution >= 4 is 23.7 Å². The summed E-state index contributed by atoms with van der Waals surface area (Å²) in [7, 11) is 0. The molecule has 0 aromatic carbocycles. The number of aliphatic hydroxyl groups excluding tert-OH is 1. The molecule has 0 fully saturated rings. The average molecular weight is 290 g/mol. The van der Waals surface area contributed by atoms with Crippen LogP contribution in [0.1, 0.15) is 12.8 Å². The van der Waals surface area contributed by atoms with E-state index in [-0.39, 0.29) is 13.0 Å². The number of aliphatic hydroxyl groups is 1. The zero-order valence-electron chi connectivity index (χ0n) is 10.7. The highest BCUT2D eigenvalue weighted by Crippen LogP contribution is 1.94. The van der Waals surface area contributed by atoms with Crippen LogP contribution in [0.2, 0.25) is 0 Å². The Bertz CT molecular complexity index is 373. The molecule has 0 aromatic heterocycles. The summed E-state index contributed by atoms with van der Waals surface area (Å²) >= 11 is 0. The molecule has 0 saturated carbocycles. The third kappa shape index (κ3) is 8.00. The molecule has 0 heterocycles. The highest BCUT2D eigenvalue weighted by molar-refractivity contribution is 5.92. The standard InChI is InChI=1S/C10H18N4O6/c11-2-1-7(16)14-6(3-9(18)19)10(20)12-4-8(17)13-5-15/h6,15H,1-5,11H2,(H,12,20)(H,13,17)(H,14,16)(H,18,19). The van der Waals surface area contributed by atoms with Gasteiger partial charge in [-0.15, -0.1) is 0 Å². The van der Waals surface area contributed by atoms with Crippen LogP contribution in [0, 0.1) is 0 Å². The maximum absolute atomic E-state index is 11.7. The maximum atomic E-state index is 11.7. The van der Waals surface area contributed by atoms with Gasteiger partial charge in [-0.1, -0.05) is 0 Å². The van der Waals surface area contributed by atoms with E-state index in [4.69, 9.17) is 15.9 Å². The second kappa shape index (κ2) is 9.69. The number of carboxylic acids is 1. The Balaban J connectivity index is 4.44. The number of hydrogen-bond acceptors (Lipinski definition) is 6. The number of rotatable bonds is 9. The van der Waals surface area contributed by atoms with Crippen LogP contribution in [0.4, 0.5) is 0 Å². The second-order valence-electron chi connectivity index (χ2n) is 3.73. The Morgan fingerprint density at radius 2 is 1.75 bits per heavy atom. The van der Waals surface area contributed by atoms with E-state index < -0.39 is 49.4 Å². The molecule has 3 amide bonds. The number of amides is 3. The number of aliphatic carboxylic acids is 1. The van der Waals surface area contributed by atoms with Gasteiger partial charge < -0.3 is 31.9 Å². The average Bonchev–Trinajstić information content (AvgIpc) is 2.35. The van der Waals surface area contributed by atoms with Gasteiger partial charge in [0.05, 0.1) is 13.0 Å². The van der Waals surface area contributed by atoms with Crippen LogP contribution in [0.25, 0.3) is 0 Å². The number of carbonyl (C=O) groups excluding carboxylic acids is 3. The van der Waals surface area contributed by atoms with Gasteiger partial charge in [0.25, 0.3) is 0 Å². The third-order valence-corrected chi connectivity index (χ3v) is 2.10. The molecule has 0 aromatic rings. The van der Waals surface area contributed by atoms with Crippen LogP contribution in [0.15, 0.2) is 0 Å². The molecule has 7 N–H and O–H groups in total. The van der Waals surface area contributed by atoms with E-state index in [9.17, 15) is 19.2 Å². The van der Waals surface area contributed by atoms with Crippen molar-refractivity contribution in [2.45, 2.75) is 18.9 Å². The van der Waals surface area contributed by atoms with Gasteiger partial charge in [0, 0.05) is 13.0 Å². The van der Waals surface area contributed by atoms with Crippen LogP contribution in [0.5, 0.6) is 0 Å². The number of hydrogen-bond donors (Lipinski definition) is 6. The van der Waals surface area contributed by atoms with Crippen LogP contribution in [0.3, 0.4) is 0 Å². The van der Waals surface area contributed by atoms with E-state index in [0.29, 0.717) is 0 Å². The third-order valence-electron chi connectivity index (χ3n) is 2.10. The molecule has 0 spiro atoms. The monoisotopic (exact) mass is 290 g/mol. The van der Waals surface area contributed by atoms with Crippen LogP contribution >= 0.6 is 0 Å². The lowest BCUT2D eigenvalue weighted by atomic mass is 10.2. The van der Waals surface area contributed by atoms with Gasteiger partial charge in [0.2, 0.25) is 17.7 Å². The van der Waals surface area contributed by atoms with Crippen molar-refractivity contribution in [1.82, 2.24) is 16.0 Å². The van der Waals surface area contributed by atoms with E-state index in [1.54, 1.807) is 0 Å². The zero-order valence-corrected chi connectivity index (χ0v) is 10.7.